The minimum absolute atomic E-state index is 0.833. The lowest BCUT2D eigenvalue weighted by atomic mass is 10.1. The number of nitrogens with zero attached hydrogens (tertiary/aromatic N) is 1. The molecule has 0 saturated carbocycles. The number of benzene rings is 1. The average Bonchev–Trinajstić information content (AvgIpc) is 2.38. The fraction of sp³-hybridized carbons (Fsp3) is 0.267. The van der Waals surface area contributed by atoms with Crippen LogP contribution in [0.2, 0.25) is 0 Å². The van der Waals surface area contributed by atoms with Crippen molar-refractivity contribution in [3.05, 3.63) is 59.3 Å². The van der Waals surface area contributed by atoms with Gasteiger partial charge in [0.15, 0.2) is 0 Å². The van der Waals surface area contributed by atoms with E-state index >= 15 is 0 Å². The summed E-state index contributed by atoms with van der Waals surface area (Å²) in [6.07, 6.45) is 2.95. The summed E-state index contributed by atoms with van der Waals surface area (Å²) in [5.74, 6) is 0.932. The summed E-state index contributed by atoms with van der Waals surface area (Å²) in [4.78, 5) is 4.34. The van der Waals surface area contributed by atoms with Crippen LogP contribution in [0.3, 0.4) is 0 Å². The Morgan fingerprint density at radius 3 is 2.47 bits per heavy atom. The molecular formula is C15H18N2. The summed E-state index contributed by atoms with van der Waals surface area (Å²) < 4.78 is 0. The first-order valence-electron chi connectivity index (χ1n) is 6.03. The molecule has 1 heterocycles. The quantitative estimate of drug-likeness (QED) is 0.862. The van der Waals surface area contributed by atoms with E-state index in [-0.39, 0.29) is 0 Å². The normalized spacial score (nSPS) is 10.2. The number of nitrogens with one attached hydrogen (secondary N) is 1. The van der Waals surface area contributed by atoms with E-state index in [0.717, 1.165) is 18.8 Å². The fourth-order valence-corrected chi connectivity index (χ4v) is 1.83. The molecule has 2 rings (SSSR count). The minimum atomic E-state index is 0.833. The molecule has 1 aromatic heterocycles. The molecule has 0 bridgehead atoms. The van der Waals surface area contributed by atoms with E-state index in [1.54, 1.807) is 0 Å². The van der Waals surface area contributed by atoms with Crippen LogP contribution in [0.25, 0.3) is 0 Å². The van der Waals surface area contributed by atoms with Gasteiger partial charge in [0, 0.05) is 12.7 Å². The van der Waals surface area contributed by atoms with Crippen LogP contribution in [-0.2, 0) is 13.0 Å². The molecule has 0 fully saturated rings. The number of pyridine rings is 1. The highest BCUT2D eigenvalue weighted by atomic mass is 15.0. The van der Waals surface area contributed by atoms with Gasteiger partial charge in [-0.15, -0.1) is 0 Å². The highest BCUT2D eigenvalue weighted by Crippen LogP contribution is 2.12. The smallest absolute Gasteiger partial charge is 0.126 e. The molecule has 0 unspecified atom stereocenters. The second-order valence-corrected chi connectivity index (χ2v) is 4.20. The van der Waals surface area contributed by atoms with Crippen LogP contribution in [0.15, 0.2) is 42.6 Å². The predicted molar refractivity (Wildman–Crippen MR) is 72.1 cm³/mol. The average molecular weight is 226 g/mol. The van der Waals surface area contributed by atoms with Gasteiger partial charge in [-0.3, -0.25) is 0 Å². The Bertz CT molecular complexity index is 475. The van der Waals surface area contributed by atoms with E-state index in [2.05, 4.69) is 47.6 Å². The Morgan fingerprint density at radius 1 is 1.06 bits per heavy atom. The van der Waals surface area contributed by atoms with Crippen molar-refractivity contribution in [2.45, 2.75) is 26.8 Å². The summed E-state index contributed by atoms with van der Waals surface area (Å²) in [5.41, 5.74) is 3.92. The van der Waals surface area contributed by atoms with Gasteiger partial charge in [-0.1, -0.05) is 37.3 Å². The third-order valence-electron chi connectivity index (χ3n) is 2.87. The Morgan fingerprint density at radius 2 is 1.82 bits per heavy atom. The van der Waals surface area contributed by atoms with Crippen molar-refractivity contribution < 1.29 is 0 Å². The molecule has 0 radical (unpaired) electrons. The Kier molecular flexibility index (Phi) is 3.76. The molecule has 0 amide bonds. The van der Waals surface area contributed by atoms with Crippen LogP contribution in [0.5, 0.6) is 0 Å². The molecule has 0 saturated heterocycles. The van der Waals surface area contributed by atoms with Crippen LogP contribution < -0.4 is 5.32 Å². The summed E-state index contributed by atoms with van der Waals surface area (Å²) in [7, 11) is 0. The fourth-order valence-electron chi connectivity index (χ4n) is 1.83. The SMILES string of the molecule is CCc1ccccc1CNc1ccc(C)cn1. The number of rotatable bonds is 4. The van der Waals surface area contributed by atoms with Crippen LogP contribution in [0, 0.1) is 6.92 Å². The first-order chi connectivity index (χ1) is 8.29. The van der Waals surface area contributed by atoms with Crippen LogP contribution in [0.4, 0.5) is 5.82 Å². The lowest BCUT2D eigenvalue weighted by Crippen LogP contribution is -2.03. The highest BCUT2D eigenvalue weighted by molar-refractivity contribution is 5.38. The van der Waals surface area contributed by atoms with E-state index in [1.807, 2.05) is 19.2 Å². The predicted octanol–water partition coefficient (Wildman–Crippen LogP) is 3.56. The van der Waals surface area contributed by atoms with Gasteiger partial charge >= 0.3 is 0 Å². The zero-order chi connectivity index (χ0) is 12.1. The van der Waals surface area contributed by atoms with E-state index in [9.17, 15) is 0 Å². The van der Waals surface area contributed by atoms with Crippen molar-refractivity contribution in [2.24, 2.45) is 0 Å². The maximum Gasteiger partial charge on any atom is 0.126 e. The highest BCUT2D eigenvalue weighted by Gasteiger charge is 1.99. The van der Waals surface area contributed by atoms with E-state index < -0.39 is 0 Å². The summed E-state index contributed by atoms with van der Waals surface area (Å²) in [6.45, 7) is 5.06. The topological polar surface area (TPSA) is 24.9 Å². The standard InChI is InChI=1S/C15H18N2/c1-3-13-6-4-5-7-14(13)11-17-15-9-8-12(2)10-16-15/h4-10H,3,11H2,1-2H3,(H,16,17). The third kappa shape index (κ3) is 3.06. The van der Waals surface area contributed by atoms with Gasteiger partial charge < -0.3 is 5.32 Å². The zero-order valence-electron chi connectivity index (χ0n) is 10.4. The minimum Gasteiger partial charge on any atom is -0.366 e. The van der Waals surface area contributed by atoms with Crippen molar-refractivity contribution in [2.75, 3.05) is 5.32 Å². The Labute approximate surface area is 103 Å². The molecule has 2 aromatic rings. The van der Waals surface area contributed by atoms with Crippen LogP contribution in [0.1, 0.15) is 23.6 Å². The molecule has 0 spiro atoms. The van der Waals surface area contributed by atoms with Gasteiger partial charge in [0.25, 0.3) is 0 Å². The van der Waals surface area contributed by atoms with Crippen LogP contribution in [-0.4, -0.2) is 4.98 Å². The first kappa shape index (κ1) is 11.6. The van der Waals surface area contributed by atoms with Gasteiger partial charge in [-0.2, -0.15) is 0 Å². The second kappa shape index (κ2) is 5.48. The number of hydrogen-bond acceptors (Lipinski definition) is 2. The molecule has 2 heteroatoms. The zero-order valence-corrected chi connectivity index (χ0v) is 10.4. The van der Waals surface area contributed by atoms with E-state index in [0.29, 0.717) is 0 Å². The van der Waals surface area contributed by atoms with Gasteiger partial charge in [-0.05, 0) is 36.1 Å². The second-order valence-electron chi connectivity index (χ2n) is 4.20. The maximum absolute atomic E-state index is 4.34. The number of aryl methyl sites for hydroxylation is 2. The lowest BCUT2D eigenvalue weighted by molar-refractivity contribution is 1.03. The monoisotopic (exact) mass is 226 g/mol. The molecule has 0 atom stereocenters. The van der Waals surface area contributed by atoms with Gasteiger partial charge in [0.1, 0.15) is 5.82 Å². The summed E-state index contributed by atoms with van der Waals surface area (Å²) >= 11 is 0. The molecule has 0 aliphatic rings. The van der Waals surface area contributed by atoms with Crippen molar-refractivity contribution in [3.63, 3.8) is 0 Å². The van der Waals surface area contributed by atoms with Gasteiger partial charge in [0.05, 0.1) is 0 Å². The van der Waals surface area contributed by atoms with Crippen molar-refractivity contribution in [1.29, 1.82) is 0 Å². The number of aromatic nitrogens is 1. The van der Waals surface area contributed by atoms with E-state index in [1.165, 1.54) is 16.7 Å². The molecule has 88 valence electrons. The molecule has 1 aromatic carbocycles. The molecule has 1 N–H and O–H groups in total. The maximum atomic E-state index is 4.34. The van der Waals surface area contributed by atoms with Gasteiger partial charge in [0.2, 0.25) is 0 Å². The van der Waals surface area contributed by atoms with E-state index in [4.69, 9.17) is 0 Å². The molecule has 17 heavy (non-hydrogen) atoms. The van der Waals surface area contributed by atoms with Crippen LogP contribution >= 0.6 is 0 Å². The Hall–Kier alpha value is -1.83. The van der Waals surface area contributed by atoms with Crippen molar-refractivity contribution in [3.8, 4) is 0 Å². The first-order valence-corrected chi connectivity index (χ1v) is 6.03. The lowest BCUT2D eigenvalue weighted by Gasteiger charge is -2.09. The molecular weight excluding hydrogens is 208 g/mol. The molecule has 2 nitrogen and oxygen atoms in total. The summed E-state index contributed by atoms with van der Waals surface area (Å²) in [5, 5.41) is 3.35. The largest absolute Gasteiger partial charge is 0.366 e. The molecule has 0 aliphatic carbocycles. The number of hydrogen-bond donors (Lipinski definition) is 1. The number of anilines is 1. The van der Waals surface area contributed by atoms with Crippen molar-refractivity contribution in [1.82, 2.24) is 4.98 Å². The molecule has 0 aliphatic heterocycles. The van der Waals surface area contributed by atoms with Gasteiger partial charge in [-0.25, -0.2) is 4.98 Å². The Balaban J connectivity index is 2.04. The third-order valence-corrected chi connectivity index (χ3v) is 2.87. The van der Waals surface area contributed by atoms with Crippen molar-refractivity contribution >= 4 is 5.82 Å². The summed E-state index contributed by atoms with van der Waals surface area (Å²) in [6, 6.07) is 12.6.